The van der Waals surface area contributed by atoms with Crippen LogP contribution in [0.2, 0.25) is 0 Å². The smallest absolute Gasteiger partial charge is 0.0580 e. The summed E-state index contributed by atoms with van der Waals surface area (Å²) >= 11 is 0. The first-order valence-corrected chi connectivity index (χ1v) is 6.20. The van der Waals surface area contributed by atoms with Gasteiger partial charge in [-0.05, 0) is 38.1 Å². The summed E-state index contributed by atoms with van der Waals surface area (Å²) in [6, 6.07) is 0.560. The zero-order valence-corrected chi connectivity index (χ0v) is 11.0. The van der Waals surface area contributed by atoms with E-state index in [2.05, 4.69) is 39.6 Å². The lowest BCUT2D eigenvalue weighted by Gasteiger charge is -2.37. The average molecular weight is 213 g/mol. The third kappa shape index (κ3) is 3.46. The van der Waals surface area contributed by atoms with Gasteiger partial charge in [0, 0.05) is 12.6 Å². The molecule has 1 aliphatic rings. The SMILES string of the molecule is CC(N(C)CC1CCCC1O)C(C)(C)C. The maximum Gasteiger partial charge on any atom is 0.0580 e. The van der Waals surface area contributed by atoms with Crippen LogP contribution in [0, 0.1) is 11.3 Å². The van der Waals surface area contributed by atoms with E-state index in [0.717, 1.165) is 13.0 Å². The van der Waals surface area contributed by atoms with Crippen LogP contribution in [0.3, 0.4) is 0 Å². The van der Waals surface area contributed by atoms with Gasteiger partial charge in [0.25, 0.3) is 0 Å². The number of aliphatic hydroxyl groups is 1. The molecule has 0 spiro atoms. The van der Waals surface area contributed by atoms with Gasteiger partial charge in [0.2, 0.25) is 0 Å². The van der Waals surface area contributed by atoms with Gasteiger partial charge in [-0.15, -0.1) is 0 Å². The van der Waals surface area contributed by atoms with Crippen molar-refractivity contribution >= 4 is 0 Å². The molecule has 2 heteroatoms. The maximum absolute atomic E-state index is 9.80. The number of hydrogen-bond donors (Lipinski definition) is 1. The van der Waals surface area contributed by atoms with Gasteiger partial charge in [-0.25, -0.2) is 0 Å². The molecule has 0 aliphatic heterocycles. The Balaban J connectivity index is 2.44. The molecule has 1 N–H and O–H groups in total. The third-order valence-electron chi connectivity index (χ3n) is 4.06. The van der Waals surface area contributed by atoms with Crippen LogP contribution in [0.15, 0.2) is 0 Å². The molecule has 0 bridgehead atoms. The molecule has 1 rings (SSSR count). The van der Waals surface area contributed by atoms with Crippen molar-refractivity contribution < 1.29 is 5.11 Å². The van der Waals surface area contributed by atoms with E-state index in [4.69, 9.17) is 0 Å². The van der Waals surface area contributed by atoms with Crippen molar-refractivity contribution in [2.45, 2.75) is 59.1 Å². The standard InChI is InChI=1S/C13H27NO/c1-10(13(2,3)4)14(5)9-11-7-6-8-12(11)15/h10-12,15H,6-9H2,1-5H3. The Kier molecular flexibility index (Phi) is 4.19. The number of nitrogens with zero attached hydrogens (tertiary/aromatic N) is 1. The van der Waals surface area contributed by atoms with Crippen LogP contribution in [0.1, 0.15) is 47.0 Å². The van der Waals surface area contributed by atoms with E-state index in [1.54, 1.807) is 0 Å². The fourth-order valence-corrected chi connectivity index (χ4v) is 2.42. The minimum atomic E-state index is -0.0559. The van der Waals surface area contributed by atoms with Crippen molar-refractivity contribution in [1.82, 2.24) is 4.90 Å². The Morgan fingerprint density at radius 2 is 1.93 bits per heavy atom. The molecule has 15 heavy (non-hydrogen) atoms. The van der Waals surface area contributed by atoms with E-state index in [1.165, 1.54) is 12.8 Å². The highest BCUT2D eigenvalue weighted by Crippen LogP contribution is 2.29. The minimum Gasteiger partial charge on any atom is -0.393 e. The van der Waals surface area contributed by atoms with Crippen molar-refractivity contribution in [2.75, 3.05) is 13.6 Å². The van der Waals surface area contributed by atoms with Gasteiger partial charge in [-0.1, -0.05) is 27.2 Å². The number of rotatable bonds is 3. The summed E-state index contributed by atoms with van der Waals surface area (Å²) in [5, 5.41) is 9.80. The van der Waals surface area contributed by atoms with Gasteiger partial charge < -0.3 is 10.0 Å². The minimum absolute atomic E-state index is 0.0559. The predicted molar refractivity (Wildman–Crippen MR) is 64.9 cm³/mol. The lowest BCUT2D eigenvalue weighted by atomic mass is 9.86. The van der Waals surface area contributed by atoms with Crippen molar-refractivity contribution in [3.05, 3.63) is 0 Å². The van der Waals surface area contributed by atoms with Gasteiger partial charge in [0.05, 0.1) is 6.10 Å². The molecule has 0 aromatic rings. The molecule has 90 valence electrons. The Bertz CT molecular complexity index is 197. The summed E-state index contributed by atoms with van der Waals surface area (Å²) in [6.07, 6.45) is 3.34. The Morgan fingerprint density at radius 3 is 2.33 bits per heavy atom. The van der Waals surface area contributed by atoms with Crippen LogP contribution in [0.25, 0.3) is 0 Å². The van der Waals surface area contributed by atoms with Crippen molar-refractivity contribution in [2.24, 2.45) is 11.3 Å². The third-order valence-corrected chi connectivity index (χ3v) is 4.06. The van der Waals surface area contributed by atoms with E-state index < -0.39 is 0 Å². The second kappa shape index (κ2) is 4.84. The van der Waals surface area contributed by atoms with E-state index in [0.29, 0.717) is 17.4 Å². The quantitative estimate of drug-likeness (QED) is 0.778. The largest absolute Gasteiger partial charge is 0.393 e. The molecule has 3 atom stereocenters. The van der Waals surface area contributed by atoms with Gasteiger partial charge in [0.15, 0.2) is 0 Å². The molecule has 1 saturated carbocycles. The molecule has 0 saturated heterocycles. The zero-order valence-electron chi connectivity index (χ0n) is 11.0. The first kappa shape index (κ1) is 13.0. The van der Waals surface area contributed by atoms with E-state index in [1.807, 2.05) is 0 Å². The molecule has 1 fully saturated rings. The molecule has 3 unspecified atom stereocenters. The van der Waals surface area contributed by atoms with Crippen LogP contribution in [0.4, 0.5) is 0 Å². The molecule has 1 aliphatic carbocycles. The summed E-state index contributed by atoms with van der Waals surface area (Å²) in [5.74, 6) is 0.500. The summed E-state index contributed by atoms with van der Waals surface area (Å²) in [6.45, 7) is 10.2. The fraction of sp³-hybridized carbons (Fsp3) is 1.00. The molecule has 0 radical (unpaired) electrons. The molecule has 0 aromatic heterocycles. The van der Waals surface area contributed by atoms with Gasteiger partial charge in [0.1, 0.15) is 0 Å². The summed E-state index contributed by atoms with van der Waals surface area (Å²) in [7, 11) is 2.18. The maximum atomic E-state index is 9.80. The van der Waals surface area contributed by atoms with E-state index >= 15 is 0 Å². The topological polar surface area (TPSA) is 23.5 Å². The highest BCUT2D eigenvalue weighted by molar-refractivity contribution is 4.83. The Labute approximate surface area is 94.7 Å². The summed E-state index contributed by atoms with van der Waals surface area (Å²) < 4.78 is 0. The molecule has 2 nitrogen and oxygen atoms in total. The highest BCUT2D eigenvalue weighted by atomic mass is 16.3. The number of aliphatic hydroxyl groups excluding tert-OH is 1. The Morgan fingerprint density at radius 1 is 1.33 bits per heavy atom. The second-order valence-electron chi connectivity index (χ2n) is 6.24. The first-order chi connectivity index (χ1) is 6.82. The van der Waals surface area contributed by atoms with E-state index in [-0.39, 0.29) is 6.10 Å². The molecular weight excluding hydrogens is 186 g/mol. The second-order valence-corrected chi connectivity index (χ2v) is 6.24. The molecular formula is C13H27NO. The van der Waals surface area contributed by atoms with Crippen molar-refractivity contribution in [3.63, 3.8) is 0 Å². The zero-order chi connectivity index (χ0) is 11.6. The normalized spacial score (nSPS) is 29.8. The monoisotopic (exact) mass is 213 g/mol. The summed E-state index contributed by atoms with van der Waals surface area (Å²) in [5.41, 5.74) is 0.318. The van der Waals surface area contributed by atoms with Crippen LogP contribution < -0.4 is 0 Å². The van der Waals surface area contributed by atoms with Gasteiger partial charge in [-0.3, -0.25) is 0 Å². The lowest BCUT2D eigenvalue weighted by Crippen LogP contribution is -2.42. The molecule has 0 aromatic carbocycles. The predicted octanol–water partition coefficient (Wildman–Crippen LogP) is 2.51. The average Bonchev–Trinajstić information content (AvgIpc) is 2.49. The molecule has 0 amide bonds. The van der Waals surface area contributed by atoms with Gasteiger partial charge in [-0.2, -0.15) is 0 Å². The van der Waals surface area contributed by atoms with Gasteiger partial charge >= 0.3 is 0 Å². The molecule has 0 heterocycles. The lowest BCUT2D eigenvalue weighted by molar-refractivity contribution is 0.0729. The van der Waals surface area contributed by atoms with Crippen LogP contribution in [0.5, 0.6) is 0 Å². The van der Waals surface area contributed by atoms with Crippen molar-refractivity contribution in [3.8, 4) is 0 Å². The summed E-state index contributed by atoms with van der Waals surface area (Å²) in [4.78, 5) is 2.40. The van der Waals surface area contributed by atoms with Crippen LogP contribution in [-0.4, -0.2) is 35.7 Å². The van der Waals surface area contributed by atoms with Crippen molar-refractivity contribution in [1.29, 1.82) is 0 Å². The van der Waals surface area contributed by atoms with Crippen LogP contribution in [-0.2, 0) is 0 Å². The fourth-order valence-electron chi connectivity index (χ4n) is 2.42. The van der Waals surface area contributed by atoms with Crippen LogP contribution >= 0.6 is 0 Å². The first-order valence-electron chi connectivity index (χ1n) is 6.20. The number of hydrogen-bond acceptors (Lipinski definition) is 2. The highest BCUT2D eigenvalue weighted by Gasteiger charge is 2.30. The Hall–Kier alpha value is -0.0800. The van der Waals surface area contributed by atoms with E-state index in [9.17, 15) is 5.11 Å².